The topological polar surface area (TPSA) is 135 Å². The van der Waals surface area contributed by atoms with Gasteiger partial charge in [-0.2, -0.15) is 22.4 Å². The number of anilines is 1. The number of allylic oxidation sites excluding steroid dienone is 1. The molecule has 246 valence electrons. The fourth-order valence-corrected chi connectivity index (χ4v) is 7.57. The van der Waals surface area contributed by atoms with Crippen molar-refractivity contribution in [2.75, 3.05) is 32.1 Å². The van der Waals surface area contributed by atoms with E-state index >= 15 is 0 Å². The van der Waals surface area contributed by atoms with Crippen LogP contribution in [0.1, 0.15) is 49.8 Å². The van der Waals surface area contributed by atoms with Gasteiger partial charge in [0.25, 0.3) is 10.0 Å². The molecule has 3 N–H and O–H groups in total. The van der Waals surface area contributed by atoms with Crippen LogP contribution in [0.15, 0.2) is 60.6 Å². The van der Waals surface area contributed by atoms with Gasteiger partial charge < -0.3 is 20.9 Å². The summed E-state index contributed by atoms with van der Waals surface area (Å²) < 4.78 is 65.3. The molecule has 0 spiro atoms. The first-order chi connectivity index (χ1) is 21.9. The summed E-state index contributed by atoms with van der Waals surface area (Å²) in [6.45, 7) is 1.30. The highest BCUT2D eigenvalue weighted by molar-refractivity contribution is 7.90. The Balaban J connectivity index is 1.27. The van der Waals surface area contributed by atoms with Gasteiger partial charge in [0, 0.05) is 42.3 Å². The van der Waals surface area contributed by atoms with Crippen LogP contribution in [0.2, 0.25) is 0 Å². The van der Waals surface area contributed by atoms with Gasteiger partial charge in [0.1, 0.15) is 11.6 Å². The standard InChI is InChI=1S/C31H38F3N9O2S/c1-41(2)17-20-3-6-23(7-4-20)39-27-13-28(35)42(19-25(27)26-10-5-21(15-37-26)14-31(32,33)34)29-11-12-36-30(40-29)22-16-38-43(18-22)46(44,45)24-8-9-24/h5,10-13,15-16,18,20,23-24,39H,3-4,6-9,14,17,19,35H2,1-2H3. The Kier molecular flexibility index (Phi) is 8.81. The van der Waals surface area contributed by atoms with Crippen molar-refractivity contribution in [2.45, 2.75) is 62.4 Å². The summed E-state index contributed by atoms with van der Waals surface area (Å²) in [5.74, 6) is 1.80. The first-order valence-corrected chi connectivity index (χ1v) is 16.9. The van der Waals surface area contributed by atoms with Crippen LogP contribution in [-0.2, 0) is 16.4 Å². The molecule has 6 rings (SSSR count). The monoisotopic (exact) mass is 657 g/mol. The quantitative estimate of drug-likeness (QED) is 0.330. The zero-order valence-electron chi connectivity index (χ0n) is 25.8. The lowest BCUT2D eigenvalue weighted by Gasteiger charge is -2.35. The minimum atomic E-state index is -4.33. The van der Waals surface area contributed by atoms with E-state index in [1.807, 2.05) is 6.08 Å². The number of nitrogens with two attached hydrogens (primary N) is 1. The molecular weight excluding hydrogens is 619 g/mol. The molecule has 4 heterocycles. The third-order valence-electron chi connectivity index (χ3n) is 8.56. The van der Waals surface area contributed by atoms with Crippen molar-refractivity contribution in [2.24, 2.45) is 11.7 Å². The number of nitrogens with zero attached hydrogens (tertiary/aromatic N) is 7. The first-order valence-electron chi connectivity index (χ1n) is 15.4. The van der Waals surface area contributed by atoms with Crippen LogP contribution in [0.4, 0.5) is 19.0 Å². The fraction of sp³-hybridized carbons (Fsp3) is 0.484. The highest BCUT2D eigenvalue weighted by atomic mass is 32.2. The molecule has 0 aromatic carbocycles. The van der Waals surface area contributed by atoms with Crippen molar-refractivity contribution in [1.29, 1.82) is 0 Å². The molecule has 0 atom stereocenters. The Labute approximate surface area is 266 Å². The lowest BCUT2D eigenvalue weighted by Crippen LogP contribution is -2.39. The highest BCUT2D eigenvalue weighted by Gasteiger charge is 2.38. The Morgan fingerprint density at radius 2 is 1.80 bits per heavy atom. The summed E-state index contributed by atoms with van der Waals surface area (Å²) in [4.78, 5) is 17.4. The summed E-state index contributed by atoms with van der Waals surface area (Å²) in [6.07, 6.45) is 7.50. The molecule has 1 aliphatic heterocycles. The van der Waals surface area contributed by atoms with E-state index in [1.165, 1.54) is 24.7 Å². The molecule has 0 bridgehead atoms. The van der Waals surface area contributed by atoms with E-state index < -0.39 is 27.9 Å². The average Bonchev–Trinajstić information content (AvgIpc) is 3.75. The molecule has 0 saturated heterocycles. The number of pyridine rings is 1. The van der Waals surface area contributed by atoms with Gasteiger partial charge in [-0.25, -0.2) is 18.4 Å². The molecule has 0 unspecified atom stereocenters. The summed E-state index contributed by atoms with van der Waals surface area (Å²) >= 11 is 0. The van der Waals surface area contributed by atoms with E-state index in [4.69, 9.17) is 5.73 Å². The summed E-state index contributed by atoms with van der Waals surface area (Å²) in [7, 11) is 0.628. The maximum atomic E-state index is 13.0. The molecule has 11 nitrogen and oxygen atoms in total. The van der Waals surface area contributed by atoms with Gasteiger partial charge in [0.15, 0.2) is 5.82 Å². The molecule has 2 fully saturated rings. The van der Waals surface area contributed by atoms with Gasteiger partial charge in [-0.1, -0.05) is 6.07 Å². The predicted octanol–water partition coefficient (Wildman–Crippen LogP) is 3.92. The second-order valence-electron chi connectivity index (χ2n) is 12.6. The Hall–Kier alpha value is -3.98. The number of nitrogens with one attached hydrogen (secondary N) is 1. The zero-order chi connectivity index (χ0) is 32.6. The second kappa shape index (κ2) is 12.7. The molecule has 3 aliphatic rings. The van der Waals surface area contributed by atoms with Crippen LogP contribution in [-0.4, -0.2) is 82.1 Å². The number of hydrogen-bond acceptors (Lipinski definition) is 10. The lowest BCUT2D eigenvalue weighted by atomic mass is 9.85. The predicted molar refractivity (Wildman–Crippen MR) is 169 cm³/mol. The van der Waals surface area contributed by atoms with Gasteiger partial charge in [-0.15, -0.1) is 0 Å². The third kappa shape index (κ3) is 7.35. The fourth-order valence-electron chi connectivity index (χ4n) is 6.09. The first kappa shape index (κ1) is 32.0. The van der Waals surface area contributed by atoms with Gasteiger partial charge in [0.2, 0.25) is 0 Å². The van der Waals surface area contributed by atoms with E-state index in [2.05, 4.69) is 44.4 Å². The van der Waals surface area contributed by atoms with Crippen LogP contribution in [0.5, 0.6) is 0 Å². The van der Waals surface area contributed by atoms with Crippen LogP contribution in [0.3, 0.4) is 0 Å². The third-order valence-corrected chi connectivity index (χ3v) is 10.6. The molecule has 0 amide bonds. The van der Waals surface area contributed by atoms with E-state index in [0.29, 0.717) is 41.7 Å². The van der Waals surface area contributed by atoms with Crippen LogP contribution < -0.4 is 16.0 Å². The Morgan fingerprint density at radius 1 is 1.04 bits per heavy atom. The molecule has 2 aliphatic carbocycles. The zero-order valence-corrected chi connectivity index (χ0v) is 26.6. The van der Waals surface area contributed by atoms with Crippen molar-refractivity contribution in [3.8, 4) is 11.4 Å². The van der Waals surface area contributed by atoms with E-state index in [0.717, 1.165) is 47.6 Å². The number of halogens is 3. The molecule has 2 saturated carbocycles. The number of hydrogen-bond donors (Lipinski definition) is 2. The van der Waals surface area contributed by atoms with Crippen LogP contribution in [0, 0.1) is 5.92 Å². The molecular formula is C31H38F3N9O2S. The Bertz CT molecular complexity index is 1720. The molecule has 0 radical (unpaired) electrons. The number of alkyl halides is 3. The summed E-state index contributed by atoms with van der Waals surface area (Å²) in [5, 5.41) is 7.30. The maximum absolute atomic E-state index is 13.0. The minimum absolute atomic E-state index is 0.0815. The summed E-state index contributed by atoms with van der Waals surface area (Å²) in [5.41, 5.74) is 9.22. The van der Waals surface area contributed by atoms with Gasteiger partial charge >= 0.3 is 6.18 Å². The Morgan fingerprint density at radius 3 is 2.46 bits per heavy atom. The van der Waals surface area contributed by atoms with Crippen LogP contribution in [0.25, 0.3) is 17.0 Å². The normalized spacial score (nSPS) is 21.1. The van der Waals surface area contributed by atoms with Gasteiger partial charge in [0.05, 0.1) is 41.9 Å². The van der Waals surface area contributed by atoms with E-state index in [1.54, 1.807) is 23.2 Å². The highest BCUT2D eigenvalue weighted by Crippen LogP contribution is 2.33. The van der Waals surface area contributed by atoms with Crippen molar-refractivity contribution in [1.82, 2.24) is 34.4 Å². The van der Waals surface area contributed by atoms with Crippen molar-refractivity contribution < 1.29 is 21.6 Å². The van der Waals surface area contributed by atoms with Crippen molar-refractivity contribution >= 4 is 21.4 Å². The largest absolute Gasteiger partial charge is 0.393 e. The number of rotatable bonds is 10. The molecule has 3 aromatic heterocycles. The SMILES string of the molecule is CN(C)CC1CCC(NC2=C(c3ccc(CC(F)(F)F)cn3)CN(c3ccnc(-c4cnn(S(=O)(=O)C5CC5)c4)n3)C(N)=C2)CC1. The molecule has 3 aromatic rings. The van der Waals surface area contributed by atoms with Crippen LogP contribution >= 0.6 is 0 Å². The summed E-state index contributed by atoms with van der Waals surface area (Å²) in [6, 6.07) is 4.98. The van der Waals surface area contributed by atoms with Crippen molar-refractivity contribution in [3.63, 3.8) is 0 Å². The van der Waals surface area contributed by atoms with Gasteiger partial charge in [-0.05, 0) is 76.2 Å². The van der Waals surface area contributed by atoms with Gasteiger partial charge in [-0.3, -0.25) is 4.98 Å². The van der Waals surface area contributed by atoms with E-state index in [-0.39, 0.29) is 24.0 Å². The minimum Gasteiger partial charge on any atom is -0.385 e. The number of aromatic nitrogens is 5. The van der Waals surface area contributed by atoms with Crippen molar-refractivity contribution in [3.05, 3.63) is 71.8 Å². The maximum Gasteiger partial charge on any atom is 0.393 e. The smallest absolute Gasteiger partial charge is 0.385 e. The average molecular weight is 658 g/mol. The molecule has 15 heteroatoms. The van der Waals surface area contributed by atoms with E-state index in [9.17, 15) is 21.6 Å². The lowest BCUT2D eigenvalue weighted by molar-refractivity contribution is -0.127. The second-order valence-corrected chi connectivity index (χ2v) is 14.7. The molecule has 46 heavy (non-hydrogen) atoms.